The van der Waals surface area contributed by atoms with Crippen LogP contribution in [0.1, 0.15) is 51.1 Å². The van der Waals surface area contributed by atoms with Crippen LogP contribution in [0.2, 0.25) is 0 Å². The summed E-state index contributed by atoms with van der Waals surface area (Å²) in [5, 5.41) is 13.2. The summed E-state index contributed by atoms with van der Waals surface area (Å²) < 4.78 is 10.3. The lowest BCUT2D eigenvalue weighted by atomic mass is 10.2. The minimum Gasteiger partial charge on any atom is -0.444 e. The monoisotopic (exact) mass is 293 g/mol. The molecule has 2 heterocycles. The zero-order chi connectivity index (χ0) is 15.5. The Bertz CT molecular complexity index is 585. The Morgan fingerprint density at radius 3 is 2.90 bits per heavy atom. The molecule has 2 aromatic rings. The van der Waals surface area contributed by atoms with Crippen LogP contribution in [-0.2, 0) is 11.2 Å². The molecular weight excluding hydrogens is 274 g/mol. The molecule has 2 aromatic heterocycles. The van der Waals surface area contributed by atoms with Crippen LogP contribution in [-0.4, -0.2) is 32.0 Å². The van der Waals surface area contributed by atoms with Gasteiger partial charge in [0.1, 0.15) is 5.60 Å². The molecule has 2 N–H and O–H groups in total. The van der Waals surface area contributed by atoms with E-state index in [9.17, 15) is 4.79 Å². The molecule has 0 aromatic carbocycles. The number of alkyl carbamates (subject to hydrolysis) is 1. The summed E-state index contributed by atoms with van der Waals surface area (Å²) in [6.07, 6.45) is 1.60. The Labute approximate surface area is 122 Å². The lowest BCUT2D eigenvalue weighted by Crippen LogP contribution is -2.34. The summed E-state index contributed by atoms with van der Waals surface area (Å²) in [6.45, 7) is 7.16. The van der Waals surface area contributed by atoms with E-state index < -0.39 is 17.7 Å². The number of nitrogens with one attached hydrogen (secondary N) is 2. The first-order valence-electron chi connectivity index (χ1n) is 6.64. The fraction of sp³-hybridized carbons (Fsp3) is 0.538. The lowest BCUT2D eigenvalue weighted by molar-refractivity contribution is 0.0505. The standard InChI is InChI=1S/C13H19N5O3/c1-8(15-12(19)20-13(2,3)4)11-16-10(21-18-11)7-9-5-6-14-17-9/h5-6,8H,7H2,1-4H3,(H,14,17)(H,15,19). The van der Waals surface area contributed by atoms with Gasteiger partial charge in [0.05, 0.1) is 12.5 Å². The highest BCUT2D eigenvalue weighted by Gasteiger charge is 2.21. The Morgan fingerprint density at radius 2 is 2.29 bits per heavy atom. The first-order chi connectivity index (χ1) is 9.83. The molecule has 21 heavy (non-hydrogen) atoms. The van der Waals surface area contributed by atoms with Gasteiger partial charge in [0.15, 0.2) is 5.82 Å². The molecule has 8 heteroatoms. The van der Waals surface area contributed by atoms with E-state index in [4.69, 9.17) is 9.26 Å². The quantitative estimate of drug-likeness (QED) is 0.892. The van der Waals surface area contributed by atoms with Crippen molar-refractivity contribution in [3.05, 3.63) is 29.7 Å². The Hall–Kier alpha value is -2.38. The average Bonchev–Trinajstić information content (AvgIpc) is 2.98. The van der Waals surface area contributed by atoms with E-state index >= 15 is 0 Å². The predicted octanol–water partition coefficient (Wildman–Crippen LogP) is 1.97. The van der Waals surface area contributed by atoms with E-state index in [1.807, 2.05) is 6.07 Å². The fourth-order valence-electron chi connectivity index (χ4n) is 1.61. The second kappa shape index (κ2) is 5.94. The zero-order valence-electron chi connectivity index (χ0n) is 12.5. The van der Waals surface area contributed by atoms with Gasteiger partial charge in [-0.3, -0.25) is 5.10 Å². The number of hydrogen-bond donors (Lipinski definition) is 2. The second-order valence-corrected chi connectivity index (χ2v) is 5.67. The average molecular weight is 293 g/mol. The van der Waals surface area contributed by atoms with Crippen molar-refractivity contribution >= 4 is 6.09 Å². The van der Waals surface area contributed by atoms with Gasteiger partial charge in [0.2, 0.25) is 5.89 Å². The highest BCUT2D eigenvalue weighted by molar-refractivity contribution is 5.68. The van der Waals surface area contributed by atoms with Crippen LogP contribution in [0.5, 0.6) is 0 Å². The van der Waals surface area contributed by atoms with Crippen LogP contribution in [0.3, 0.4) is 0 Å². The molecule has 1 atom stereocenters. The van der Waals surface area contributed by atoms with E-state index in [1.165, 1.54) is 0 Å². The van der Waals surface area contributed by atoms with Gasteiger partial charge in [0.25, 0.3) is 0 Å². The van der Waals surface area contributed by atoms with Crippen molar-refractivity contribution in [2.45, 2.75) is 45.8 Å². The van der Waals surface area contributed by atoms with Gasteiger partial charge in [-0.2, -0.15) is 10.1 Å². The third kappa shape index (κ3) is 4.59. The van der Waals surface area contributed by atoms with Crippen molar-refractivity contribution in [2.75, 3.05) is 0 Å². The molecule has 0 aliphatic carbocycles. The van der Waals surface area contributed by atoms with E-state index in [0.29, 0.717) is 18.1 Å². The van der Waals surface area contributed by atoms with E-state index in [2.05, 4.69) is 25.7 Å². The molecule has 0 fully saturated rings. The number of hydrogen-bond acceptors (Lipinski definition) is 6. The molecule has 0 aliphatic heterocycles. The van der Waals surface area contributed by atoms with Crippen molar-refractivity contribution in [3.63, 3.8) is 0 Å². The predicted molar refractivity (Wildman–Crippen MR) is 73.5 cm³/mol. The highest BCUT2D eigenvalue weighted by atomic mass is 16.6. The van der Waals surface area contributed by atoms with Gasteiger partial charge in [0, 0.05) is 11.9 Å². The van der Waals surface area contributed by atoms with Gasteiger partial charge in [-0.15, -0.1) is 0 Å². The number of aromatic nitrogens is 4. The van der Waals surface area contributed by atoms with Gasteiger partial charge in [-0.1, -0.05) is 5.16 Å². The maximum atomic E-state index is 11.7. The summed E-state index contributed by atoms with van der Waals surface area (Å²) in [5.41, 5.74) is 0.324. The molecule has 0 aliphatic rings. The molecule has 0 saturated heterocycles. The molecule has 8 nitrogen and oxygen atoms in total. The minimum atomic E-state index is -0.549. The molecule has 1 amide bonds. The first kappa shape index (κ1) is 15.0. The third-order valence-electron chi connectivity index (χ3n) is 2.50. The number of rotatable bonds is 4. The maximum Gasteiger partial charge on any atom is 0.408 e. The molecular formula is C13H19N5O3. The minimum absolute atomic E-state index is 0.398. The largest absolute Gasteiger partial charge is 0.444 e. The smallest absolute Gasteiger partial charge is 0.408 e. The second-order valence-electron chi connectivity index (χ2n) is 5.67. The van der Waals surface area contributed by atoms with Crippen molar-refractivity contribution in [1.29, 1.82) is 0 Å². The number of H-pyrrole nitrogens is 1. The fourth-order valence-corrected chi connectivity index (χ4v) is 1.61. The normalized spacial score (nSPS) is 13.0. The summed E-state index contributed by atoms with van der Waals surface area (Å²) in [6, 6.07) is 1.42. The number of amides is 1. The van der Waals surface area contributed by atoms with Crippen molar-refractivity contribution in [3.8, 4) is 0 Å². The highest BCUT2D eigenvalue weighted by Crippen LogP contribution is 2.12. The number of aromatic amines is 1. The Balaban J connectivity index is 1.92. The van der Waals surface area contributed by atoms with Crippen LogP contribution in [0, 0.1) is 0 Å². The van der Waals surface area contributed by atoms with E-state index in [1.54, 1.807) is 33.9 Å². The number of nitrogens with zero attached hydrogens (tertiary/aromatic N) is 3. The number of carbonyl (C=O) groups excluding carboxylic acids is 1. The van der Waals surface area contributed by atoms with Gasteiger partial charge in [-0.25, -0.2) is 4.79 Å². The summed E-state index contributed by atoms with van der Waals surface area (Å²) in [5.74, 6) is 0.850. The van der Waals surface area contributed by atoms with Crippen molar-refractivity contribution in [2.24, 2.45) is 0 Å². The SMILES string of the molecule is CC(NC(=O)OC(C)(C)C)c1noc(Cc2ccn[nH]2)n1. The van der Waals surface area contributed by atoms with Crippen LogP contribution < -0.4 is 5.32 Å². The maximum absolute atomic E-state index is 11.7. The molecule has 0 radical (unpaired) electrons. The van der Waals surface area contributed by atoms with Gasteiger partial charge < -0.3 is 14.6 Å². The van der Waals surface area contributed by atoms with Crippen molar-refractivity contribution < 1.29 is 14.1 Å². The third-order valence-corrected chi connectivity index (χ3v) is 2.50. The molecule has 0 saturated carbocycles. The number of ether oxygens (including phenoxy) is 1. The zero-order valence-corrected chi connectivity index (χ0v) is 12.5. The van der Waals surface area contributed by atoms with Crippen LogP contribution in [0.15, 0.2) is 16.8 Å². The molecule has 114 valence electrons. The summed E-state index contributed by atoms with van der Waals surface area (Å²) in [7, 11) is 0. The number of carbonyl (C=O) groups is 1. The first-order valence-corrected chi connectivity index (χ1v) is 6.64. The summed E-state index contributed by atoms with van der Waals surface area (Å²) in [4.78, 5) is 15.9. The van der Waals surface area contributed by atoms with Crippen LogP contribution in [0.4, 0.5) is 4.79 Å². The molecule has 0 bridgehead atoms. The summed E-state index contributed by atoms with van der Waals surface area (Å²) >= 11 is 0. The van der Waals surface area contributed by atoms with Crippen molar-refractivity contribution in [1.82, 2.24) is 25.7 Å². The van der Waals surface area contributed by atoms with Crippen LogP contribution >= 0.6 is 0 Å². The van der Waals surface area contributed by atoms with E-state index in [-0.39, 0.29) is 0 Å². The van der Waals surface area contributed by atoms with Crippen LogP contribution in [0.25, 0.3) is 0 Å². The topological polar surface area (TPSA) is 106 Å². The Morgan fingerprint density at radius 1 is 1.52 bits per heavy atom. The van der Waals surface area contributed by atoms with Gasteiger partial charge >= 0.3 is 6.09 Å². The Kier molecular flexibility index (Phi) is 4.25. The molecule has 2 rings (SSSR count). The lowest BCUT2D eigenvalue weighted by Gasteiger charge is -2.20. The van der Waals surface area contributed by atoms with Gasteiger partial charge in [-0.05, 0) is 33.8 Å². The molecule has 1 unspecified atom stereocenters. The molecule has 0 spiro atoms. The van der Waals surface area contributed by atoms with E-state index in [0.717, 1.165) is 5.69 Å².